The van der Waals surface area contributed by atoms with Crippen LogP contribution in [0.5, 0.6) is 0 Å². The number of halogens is 4. The topological polar surface area (TPSA) is 117 Å². The Morgan fingerprint density at radius 2 is 1.63 bits per heavy atom. The van der Waals surface area contributed by atoms with E-state index in [1.807, 2.05) is 0 Å². The molecule has 0 spiro atoms. The van der Waals surface area contributed by atoms with E-state index in [-0.39, 0.29) is 34.6 Å². The van der Waals surface area contributed by atoms with Gasteiger partial charge in [0.25, 0.3) is 0 Å². The van der Waals surface area contributed by atoms with Crippen LogP contribution in [0, 0.1) is 23.6 Å². The molecule has 1 aromatic carbocycles. The lowest BCUT2D eigenvalue weighted by atomic mass is 9.88. The Bertz CT molecular complexity index is 1040. The second-order valence-corrected chi connectivity index (χ2v) is 11.1. The molecule has 212 valence electrons. The summed E-state index contributed by atoms with van der Waals surface area (Å²) in [6, 6.07) is 1.08. The minimum Gasteiger partial charge on any atom is -0.444 e. The summed E-state index contributed by atoms with van der Waals surface area (Å²) in [5.41, 5.74) is -1.03. The maximum Gasteiger partial charge on any atom is 0.408 e. The van der Waals surface area contributed by atoms with E-state index in [9.17, 15) is 32.7 Å². The van der Waals surface area contributed by atoms with E-state index >= 15 is 4.39 Å². The number of hydrogen-bond donors (Lipinski definition) is 4. The van der Waals surface area contributed by atoms with Gasteiger partial charge >= 0.3 is 12.3 Å². The molecule has 2 unspecified atom stereocenters. The summed E-state index contributed by atoms with van der Waals surface area (Å²) >= 11 is 0. The van der Waals surface area contributed by atoms with Crippen molar-refractivity contribution in [3.63, 3.8) is 0 Å². The first kappa shape index (κ1) is 29.7. The molecular formula is C26H35F4N3O5. The largest absolute Gasteiger partial charge is 0.444 e. The number of nitrogens with one attached hydrogen (secondary N) is 3. The molecule has 1 aromatic rings. The van der Waals surface area contributed by atoms with Crippen LogP contribution in [-0.2, 0) is 20.9 Å². The van der Waals surface area contributed by atoms with E-state index in [0.717, 1.165) is 37.8 Å². The van der Waals surface area contributed by atoms with E-state index in [4.69, 9.17) is 4.74 Å². The Morgan fingerprint density at radius 3 is 2.11 bits per heavy atom. The Morgan fingerprint density at radius 1 is 1.05 bits per heavy atom. The number of carbonyl (C=O) groups excluding carboxylic acids is 3. The highest BCUT2D eigenvalue weighted by Gasteiger charge is 2.48. The standard InChI is InChI=1S/C26H35F4N3O5/c1-13(22(35)31-12-26(28,29)30)17-10-18(27)19(9-16(17)11-34)32-23(36)21(33-24(37)38-25(2,3)4)20(14-5-6-14)15-7-8-15/h9-10,13-15,20-21,34H,5-8,11-12H2,1-4H3,(H,31,35)(H,32,36)(H,33,37). The fourth-order valence-electron chi connectivity index (χ4n) is 4.62. The van der Waals surface area contributed by atoms with Crippen molar-refractivity contribution in [1.82, 2.24) is 10.6 Å². The van der Waals surface area contributed by atoms with Gasteiger partial charge in [0.1, 0.15) is 24.0 Å². The van der Waals surface area contributed by atoms with Gasteiger partial charge in [-0.25, -0.2) is 9.18 Å². The van der Waals surface area contributed by atoms with Crippen molar-refractivity contribution in [2.75, 3.05) is 11.9 Å². The molecule has 0 aliphatic heterocycles. The maximum atomic E-state index is 15.1. The molecule has 8 nitrogen and oxygen atoms in total. The molecule has 2 fully saturated rings. The summed E-state index contributed by atoms with van der Waals surface area (Å²) in [5.74, 6) is -3.41. The Kier molecular flexibility index (Phi) is 8.95. The Balaban J connectivity index is 1.81. The quantitative estimate of drug-likeness (QED) is 0.326. The van der Waals surface area contributed by atoms with Gasteiger partial charge in [-0.1, -0.05) is 0 Å². The zero-order valence-electron chi connectivity index (χ0n) is 21.9. The summed E-state index contributed by atoms with van der Waals surface area (Å²) in [6.07, 6.45) is -1.69. The normalized spacial score (nSPS) is 17.5. The summed E-state index contributed by atoms with van der Waals surface area (Å²) < 4.78 is 57.8. The molecule has 2 atom stereocenters. The third-order valence-electron chi connectivity index (χ3n) is 6.65. The van der Waals surface area contributed by atoms with Crippen LogP contribution >= 0.6 is 0 Å². The van der Waals surface area contributed by atoms with Gasteiger partial charge in [0.05, 0.1) is 18.2 Å². The molecule has 3 rings (SSSR count). The SMILES string of the molecule is CC(C(=O)NCC(F)(F)F)c1cc(F)c(NC(=O)C(NC(=O)OC(C)(C)C)C(C2CC2)C2CC2)cc1CO. The summed E-state index contributed by atoms with van der Waals surface area (Å²) in [4.78, 5) is 38.2. The van der Waals surface area contributed by atoms with Crippen LogP contribution < -0.4 is 16.0 Å². The van der Waals surface area contributed by atoms with E-state index in [1.54, 1.807) is 26.1 Å². The first-order valence-corrected chi connectivity index (χ1v) is 12.7. The third-order valence-corrected chi connectivity index (χ3v) is 6.65. The number of anilines is 1. The number of rotatable bonds is 10. The minimum atomic E-state index is -4.61. The van der Waals surface area contributed by atoms with E-state index < -0.39 is 60.6 Å². The first-order valence-electron chi connectivity index (χ1n) is 12.7. The number of benzene rings is 1. The second kappa shape index (κ2) is 11.5. The molecule has 0 aromatic heterocycles. The number of alkyl carbamates (subject to hydrolysis) is 1. The molecule has 2 aliphatic rings. The molecular weight excluding hydrogens is 510 g/mol. The molecule has 0 radical (unpaired) electrons. The number of hydrogen-bond acceptors (Lipinski definition) is 5. The zero-order chi connectivity index (χ0) is 28.4. The molecule has 2 saturated carbocycles. The van der Waals surface area contributed by atoms with Crippen molar-refractivity contribution in [1.29, 1.82) is 0 Å². The van der Waals surface area contributed by atoms with E-state index in [2.05, 4.69) is 10.6 Å². The molecule has 0 bridgehead atoms. The Labute approximate surface area is 218 Å². The van der Waals surface area contributed by atoms with Crippen molar-refractivity contribution < 1.29 is 41.8 Å². The minimum absolute atomic E-state index is 0.0139. The van der Waals surface area contributed by atoms with Crippen molar-refractivity contribution in [3.8, 4) is 0 Å². The summed E-state index contributed by atoms with van der Waals surface area (Å²) in [5, 5.41) is 16.7. The van der Waals surface area contributed by atoms with E-state index in [1.165, 1.54) is 6.92 Å². The lowest BCUT2D eigenvalue weighted by Crippen LogP contribution is -2.51. The van der Waals surface area contributed by atoms with Gasteiger partial charge in [0.2, 0.25) is 11.8 Å². The number of alkyl halides is 3. The highest BCUT2D eigenvalue weighted by atomic mass is 19.4. The van der Waals surface area contributed by atoms with Gasteiger partial charge < -0.3 is 25.8 Å². The van der Waals surface area contributed by atoms with Gasteiger partial charge in [-0.15, -0.1) is 0 Å². The van der Waals surface area contributed by atoms with Crippen molar-refractivity contribution in [2.24, 2.45) is 17.8 Å². The second-order valence-electron chi connectivity index (χ2n) is 11.1. The van der Waals surface area contributed by atoms with Crippen molar-refractivity contribution in [2.45, 2.75) is 83.7 Å². The third kappa shape index (κ3) is 8.31. The van der Waals surface area contributed by atoms with Crippen molar-refractivity contribution >= 4 is 23.6 Å². The molecule has 3 amide bonds. The lowest BCUT2D eigenvalue weighted by molar-refractivity contribution is -0.139. The first-order chi connectivity index (χ1) is 17.6. The molecule has 4 N–H and O–H groups in total. The average Bonchev–Trinajstić information content (AvgIpc) is 3.71. The predicted molar refractivity (Wildman–Crippen MR) is 131 cm³/mol. The number of aliphatic hydroxyl groups excluding tert-OH is 1. The lowest BCUT2D eigenvalue weighted by Gasteiger charge is -2.29. The van der Waals surface area contributed by atoms with Crippen LogP contribution in [-0.4, -0.2) is 47.4 Å². The molecule has 12 heteroatoms. The monoisotopic (exact) mass is 545 g/mol. The van der Waals surface area contributed by atoms with Crippen LogP contribution in [0.3, 0.4) is 0 Å². The number of aliphatic hydroxyl groups is 1. The number of amides is 3. The Hall–Kier alpha value is -2.89. The van der Waals surface area contributed by atoms with Crippen molar-refractivity contribution in [3.05, 3.63) is 29.1 Å². The van der Waals surface area contributed by atoms with Gasteiger partial charge in [-0.3, -0.25) is 9.59 Å². The smallest absolute Gasteiger partial charge is 0.408 e. The van der Waals surface area contributed by atoms with Gasteiger partial charge in [0, 0.05) is 0 Å². The van der Waals surface area contributed by atoms with Crippen LogP contribution in [0.2, 0.25) is 0 Å². The highest BCUT2D eigenvalue weighted by Crippen LogP contribution is 2.51. The fourth-order valence-corrected chi connectivity index (χ4v) is 4.62. The molecule has 0 heterocycles. The van der Waals surface area contributed by atoms with Crippen LogP contribution in [0.15, 0.2) is 12.1 Å². The zero-order valence-corrected chi connectivity index (χ0v) is 21.9. The highest BCUT2D eigenvalue weighted by molar-refractivity contribution is 5.97. The number of ether oxygens (including phenoxy) is 1. The van der Waals surface area contributed by atoms with Crippen LogP contribution in [0.4, 0.5) is 28.0 Å². The number of carbonyl (C=O) groups is 3. The summed E-state index contributed by atoms with van der Waals surface area (Å²) in [6.45, 7) is 4.17. The van der Waals surface area contributed by atoms with Crippen LogP contribution in [0.25, 0.3) is 0 Å². The molecule has 2 aliphatic carbocycles. The predicted octanol–water partition coefficient (Wildman–Crippen LogP) is 4.37. The molecule has 38 heavy (non-hydrogen) atoms. The summed E-state index contributed by atoms with van der Waals surface area (Å²) in [7, 11) is 0. The van der Waals surface area contributed by atoms with Crippen LogP contribution in [0.1, 0.15) is 70.4 Å². The van der Waals surface area contributed by atoms with Gasteiger partial charge in [0.15, 0.2) is 0 Å². The van der Waals surface area contributed by atoms with Gasteiger partial charge in [-0.05, 0) is 94.4 Å². The maximum absolute atomic E-state index is 15.1. The van der Waals surface area contributed by atoms with E-state index in [0.29, 0.717) is 0 Å². The average molecular weight is 546 g/mol. The van der Waals surface area contributed by atoms with Gasteiger partial charge in [-0.2, -0.15) is 13.2 Å². The molecule has 0 saturated heterocycles. The fraction of sp³-hybridized carbons (Fsp3) is 0.654.